The van der Waals surface area contributed by atoms with Crippen molar-refractivity contribution < 1.29 is 4.79 Å². The number of pyridine rings is 1. The Morgan fingerprint density at radius 3 is 2.94 bits per heavy atom. The molecule has 1 saturated heterocycles. The summed E-state index contributed by atoms with van der Waals surface area (Å²) in [6.45, 7) is 4.11. The summed E-state index contributed by atoms with van der Waals surface area (Å²) in [7, 11) is 0. The molecule has 1 aliphatic rings. The molecule has 1 aromatic heterocycles. The number of hydrogen-bond acceptors (Lipinski definition) is 4. The van der Waals surface area contributed by atoms with E-state index in [1.807, 2.05) is 18.5 Å². The Hall–Kier alpha value is -1.07. The number of carbonyl (C=O) groups is 1. The lowest BCUT2D eigenvalue weighted by Crippen LogP contribution is -2.39. The third-order valence-corrected chi connectivity index (χ3v) is 4.22. The molecule has 0 saturated carbocycles. The third kappa shape index (κ3) is 3.44. The van der Waals surface area contributed by atoms with Gasteiger partial charge >= 0.3 is 0 Å². The van der Waals surface area contributed by atoms with Crippen LogP contribution in [0, 0.1) is 6.92 Å². The number of rotatable bonds is 4. The molecule has 1 N–H and O–H groups in total. The van der Waals surface area contributed by atoms with Gasteiger partial charge in [0.25, 0.3) is 0 Å². The van der Waals surface area contributed by atoms with E-state index >= 15 is 0 Å². The minimum absolute atomic E-state index is 0.347. The molecule has 0 aromatic carbocycles. The quantitative estimate of drug-likeness (QED) is 0.652. The summed E-state index contributed by atoms with van der Waals surface area (Å²) in [5, 5.41) is 2.85. The first-order valence-corrected chi connectivity index (χ1v) is 6.60. The maximum atomic E-state index is 10.4. The fourth-order valence-electron chi connectivity index (χ4n) is 1.89. The Kier molecular flexibility index (Phi) is 4.39. The van der Waals surface area contributed by atoms with Crippen LogP contribution in [-0.2, 0) is 4.79 Å². The number of nitrogens with one attached hydrogen (secondary N) is 1. The van der Waals surface area contributed by atoms with Crippen LogP contribution in [0.2, 0.25) is 0 Å². The maximum Gasteiger partial charge on any atom is 0.207 e. The lowest BCUT2D eigenvalue weighted by molar-refractivity contribution is -0.110. The highest BCUT2D eigenvalue weighted by atomic mass is 32.2. The molecule has 0 atom stereocenters. The molecule has 0 bridgehead atoms. The van der Waals surface area contributed by atoms with Gasteiger partial charge < -0.3 is 5.32 Å². The molecule has 2 heterocycles. The van der Waals surface area contributed by atoms with Gasteiger partial charge in [-0.3, -0.25) is 9.78 Å². The first kappa shape index (κ1) is 12.4. The molecule has 0 aliphatic carbocycles. The minimum Gasteiger partial charge on any atom is -0.356 e. The number of aryl methyl sites for hydroxylation is 1. The van der Waals surface area contributed by atoms with E-state index < -0.39 is 0 Å². The van der Waals surface area contributed by atoms with Crippen molar-refractivity contribution in [1.82, 2.24) is 14.6 Å². The van der Waals surface area contributed by atoms with Crippen molar-refractivity contribution in [3.8, 4) is 0 Å². The fraction of sp³-hybridized carbons (Fsp3) is 0.500. The van der Waals surface area contributed by atoms with Crippen molar-refractivity contribution >= 4 is 18.4 Å². The maximum absolute atomic E-state index is 10.4. The van der Waals surface area contributed by atoms with E-state index in [1.54, 1.807) is 11.9 Å². The Bertz CT molecular complexity index is 378. The van der Waals surface area contributed by atoms with Crippen LogP contribution in [0.15, 0.2) is 23.4 Å². The van der Waals surface area contributed by atoms with E-state index in [2.05, 4.69) is 21.5 Å². The molecular formula is C12H17N3OS. The molecule has 1 aliphatic heterocycles. The van der Waals surface area contributed by atoms with Gasteiger partial charge in [-0.25, -0.2) is 4.31 Å². The molecule has 4 nitrogen and oxygen atoms in total. The van der Waals surface area contributed by atoms with Crippen LogP contribution in [0.1, 0.15) is 18.4 Å². The smallest absolute Gasteiger partial charge is 0.207 e. The third-order valence-electron chi connectivity index (χ3n) is 2.98. The van der Waals surface area contributed by atoms with Crippen LogP contribution in [0.3, 0.4) is 0 Å². The van der Waals surface area contributed by atoms with Crippen molar-refractivity contribution in [1.29, 1.82) is 0 Å². The van der Waals surface area contributed by atoms with Gasteiger partial charge in [0.2, 0.25) is 6.41 Å². The van der Waals surface area contributed by atoms with E-state index in [0.29, 0.717) is 6.04 Å². The number of hydrogen-bond donors (Lipinski definition) is 1. The Labute approximate surface area is 106 Å². The Morgan fingerprint density at radius 2 is 2.29 bits per heavy atom. The van der Waals surface area contributed by atoms with E-state index in [-0.39, 0.29) is 0 Å². The lowest BCUT2D eigenvalue weighted by Gasteiger charge is -2.30. The van der Waals surface area contributed by atoms with E-state index in [4.69, 9.17) is 0 Å². The van der Waals surface area contributed by atoms with Crippen LogP contribution >= 0.6 is 11.9 Å². The summed E-state index contributed by atoms with van der Waals surface area (Å²) in [6, 6.07) is 2.38. The number of nitrogens with zero attached hydrogens (tertiary/aromatic N) is 2. The predicted molar refractivity (Wildman–Crippen MR) is 68.6 cm³/mol. The van der Waals surface area contributed by atoms with Gasteiger partial charge in [-0.15, -0.1) is 0 Å². The lowest BCUT2D eigenvalue weighted by atomic mass is 10.1. The highest BCUT2D eigenvalue weighted by Crippen LogP contribution is 2.27. The average molecular weight is 251 g/mol. The molecule has 0 spiro atoms. The largest absolute Gasteiger partial charge is 0.356 e. The van der Waals surface area contributed by atoms with E-state index in [0.717, 1.165) is 32.3 Å². The van der Waals surface area contributed by atoms with Crippen molar-refractivity contribution in [2.75, 3.05) is 13.1 Å². The van der Waals surface area contributed by atoms with Crippen LogP contribution in [-0.4, -0.2) is 34.8 Å². The second-order valence-corrected chi connectivity index (χ2v) is 5.36. The van der Waals surface area contributed by atoms with Gasteiger partial charge in [-0.2, -0.15) is 0 Å². The molecule has 92 valence electrons. The summed E-state index contributed by atoms with van der Waals surface area (Å²) in [6.07, 6.45) is 6.57. The van der Waals surface area contributed by atoms with Crippen molar-refractivity contribution in [2.24, 2.45) is 0 Å². The van der Waals surface area contributed by atoms with Gasteiger partial charge in [0, 0.05) is 36.4 Å². The SMILES string of the molecule is Cc1ccncc1SN1CCC(NC=O)CC1. The normalized spacial score (nSPS) is 17.9. The topological polar surface area (TPSA) is 45.2 Å². The Morgan fingerprint density at radius 1 is 1.53 bits per heavy atom. The van der Waals surface area contributed by atoms with Gasteiger partial charge in [0.05, 0.1) is 0 Å². The van der Waals surface area contributed by atoms with Crippen molar-refractivity contribution in [2.45, 2.75) is 30.7 Å². The number of amides is 1. The summed E-state index contributed by atoms with van der Waals surface area (Å²) < 4.78 is 2.34. The zero-order valence-electron chi connectivity index (χ0n) is 9.93. The number of piperidine rings is 1. The van der Waals surface area contributed by atoms with Crippen LogP contribution in [0.25, 0.3) is 0 Å². The molecule has 1 amide bonds. The van der Waals surface area contributed by atoms with Gasteiger partial charge in [0.15, 0.2) is 0 Å². The van der Waals surface area contributed by atoms with E-state index in [9.17, 15) is 4.79 Å². The molecule has 17 heavy (non-hydrogen) atoms. The standard InChI is InChI=1S/C12H17N3OS/c1-10-2-5-13-8-12(10)17-15-6-3-11(4-7-15)14-9-16/h2,5,8-9,11H,3-4,6-7H2,1H3,(H,14,16). The molecular weight excluding hydrogens is 234 g/mol. The summed E-state index contributed by atoms with van der Waals surface area (Å²) in [4.78, 5) is 15.7. The highest BCUT2D eigenvalue weighted by Gasteiger charge is 2.19. The first-order valence-electron chi connectivity index (χ1n) is 5.83. The molecule has 0 radical (unpaired) electrons. The van der Waals surface area contributed by atoms with Crippen molar-refractivity contribution in [3.05, 3.63) is 24.0 Å². The van der Waals surface area contributed by atoms with Crippen LogP contribution < -0.4 is 5.32 Å². The second-order valence-electron chi connectivity index (χ2n) is 4.22. The molecule has 0 unspecified atom stereocenters. The first-order chi connectivity index (χ1) is 8.29. The van der Waals surface area contributed by atoms with Gasteiger partial charge in [-0.1, -0.05) is 0 Å². The highest BCUT2D eigenvalue weighted by molar-refractivity contribution is 7.97. The van der Waals surface area contributed by atoms with Crippen LogP contribution in [0.4, 0.5) is 0 Å². The van der Waals surface area contributed by atoms with Gasteiger partial charge in [0.1, 0.15) is 0 Å². The summed E-state index contributed by atoms with van der Waals surface area (Å²) in [5.41, 5.74) is 1.26. The Balaban J connectivity index is 1.86. The molecule has 2 rings (SSSR count). The number of carbonyl (C=O) groups excluding carboxylic acids is 1. The zero-order chi connectivity index (χ0) is 12.1. The summed E-state index contributed by atoms with van der Waals surface area (Å²) in [5.74, 6) is 0. The zero-order valence-corrected chi connectivity index (χ0v) is 10.7. The fourth-order valence-corrected chi connectivity index (χ4v) is 2.89. The van der Waals surface area contributed by atoms with E-state index in [1.165, 1.54) is 10.5 Å². The molecule has 1 aromatic rings. The predicted octanol–water partition coefficient (Wildman–Crippen LogP) is 1.61. The average Bonchev–Trinajstić information content (AvgIpc) is 2.35. The number of aromatic nitrogens is 1. The van der Waals surface area contributed by atoms with Gasteiger partial charge in [-0.05, 0) is 43.3 Å². The van der Waals surface area contributed by atoms with Crippen LogP contribution in [0.5, 0.6) is 0 Å². The second kappa shape index (κ2) is 6.02. The summed E-state index contributed by atoms with van der Waals surface area (Å²) >= 11 is 1.77. The van der Waals surface area contributed by atoms with Crippen molar-refractivity contribution in [3.63, 3.8) is 0 Å². The minimum atomic E-state index is 0.347. The molecule has 1 fully saturated rings. The molecule has 5 heteroatoms. The monoisotopic (exact) mass is 251 g/mol.